The minimum atomic E-state index is -1.06. The molecule has 2 aromatic rings. The molecular weight excluding hydrogens is 362 g/mol. The molecule has 1 aromatic heterocycles. The van der Waals surface area contributed by atoms with E-state index in [1.54, 1.807) is 19.9 Å². The van der Waals surface area contributed by atoms with Crippen molar-refractivity contribution < 1.29 is 23.8 Å². The molecule has 0 bridgehead atoms. The number of aliphatic carboxylic acids is 1. The number of nitrogens with one attached hydrogen (secondary N) is 1. The van der Waals surface area contributed by atoms with Gasteiger partial charge < -0.3 is 24.4 Å². The first-order chi connectivity index (χ1) is 13.2. The van der Waals surface area contributed by atoms with Crippen molar-refractivity contribution in [3.05, 3.63) is 39.2 Å². The Balaban J connectivity index is 2.05. The number of fused-ring (bicyclic) bond motifs is 1. The fraction of sp³-hybridized carbons (Fsp3) is 0.476. The summed E-state index contributed by atoms with van der Waals surface area (Å²) in [7, 11) is 0. The van der Waals surface area contributed by atoms with Gasteiger partial charge in [0.15, 0.2) is 6.10 Å². The summed E-state index contributed by atoms with van der Waals surface area (Å²) in [4.78, 5) is 34.6. The summed E-state index contributed by atoms with van der Waals surface area (Å²) >= 11 is 0. The number of aryl methyl sites for hydroxylation is 2. The summed E-state index contributed by atoms with van der Waals surface area (Å²) in [5.74, 6) is -0.824. The minimum absolute atomic E-state index is 0.0305. The van der Waals surface area contributed by atoms with Crippen LogP contribution in [0.4, 0.5) is 0 Å². The van der Waals surface area contributed by atoms with E-state index < -0.39 is 12.1 Å². The Morgan fingerprint density at radius 1 is 1.14 bits per heavy atom. The van der Waals surface area contributed by atoms with Crippen molar-refractivity contribution in [2.45, 2.75) is 59.5 Å². The van der Waals surface area contributed by atoms with E-state index in [1.807, 2.05) is 19.9 Å². The lowest BCUT2D eigenvalue weighted by atomic mass is 10.0. The molecular formula is C21H26NO6-. The first-order valence-corrected chi connectivity index (χ1v) is 9.39. The van der Waals surface area contributed by atoms with Crippen LogP contribution in [-0.2, 0) is 9.59 Å². The van der Waals surface area contributed by atoms with Crippen molar-refractivity contribution in [2.24, 2.45) is 0 Å². The molecule has 1 heterocycles. The van der Waals surface area contributed by atoms with Crippen LogP contribution >= 0.6 is 0 Å². The lowest BCUT2D eigenvalue weighted by molar-refractivity contribution is -0.305. The Morgan fingerprint density at radius 2 is 1.86 bits per heavy atom. The standard InChI is InChI=1S/C21H27NO6/c1-12-10-16(19-13(2)14(3)21(26)28-17(19)11-12)27-15(4)20(25)22-9-7-5-6-8-18(23)24/h10-11,15H,5-9H2,1-4H3,(H,22,25)(H,23,24)/p-1/t15-/m1/s1. The van der Waals surface area contributed by atoms with Gasteiger partial charge in [0.05, 0.1) is 5.39 Å². The second-order valence-electron chi connectivity index (χ2n) is 7.01. The normalized spacial score (nSPS) is 12.0. The molecule has 7 nitrogen and oxygen atoms in total. The van der Waals surface area contributed by atoms with Crippen LogP contribution in [0.15, 0.2) is 21.3 Å². The third-order valence-corrected chi connectivity index (χ3v) is 4.69. The van der Waals surface area contributed by atoms with Gasteiger partial charge in [0.2, 0.25) is 0 Å². The summed E-state index contributed by atoms with van der Waals surface area (Å²) in [5, 5.41) is 13.8. The van der Waals surface area contributed by atoms with Crippen molar-refractivity contribution in [3.8, 4) is 5.75 Å². The van der Waals surface area contributed by atoms with Gasteiger partial charge in [0.1, 0.15) is 11.3 Å². The van der Waals surface area contributed by atoms with Gasteiger partial charge in [-0.3, -0.25) is 4.79 Å². The maximum Gasteiger partial charge on any atom is 0.339 e. The van der Waals surface area contributed by atoms with Crippen molar-refractivity contribution in [1.82, 2.24) is 5.32 Å². The van der Waals surface area contributed by atoms with E-state index in [0.717, 1.165) is 11.1 Å². The number of carbonyl (C=O) groups is 2. The second kappa shape index (κ2) is 9.39. The van der Waals surface area contributed by atoms with Crippen LogP contribution in [-0.4, -0.2) is 24.5 Å². The predicted molar refractivity (Wildman–Crippen MR) is 103 cm³/mol. The number of ether oxygens (including phenoxy) is 1. The monoisotopic (exact) mass is 388 g/mol. The van der Waals surface area contributed by atoms with E-state index in [2.05, 4.69) is 5.32 Å². The molecule has 0 spiro atoms. The molecule has 7 heteroatoms. The molecule has 0 saturated heterocycles. The third-order valence-electron chi connectivity index (χ3n) is 4.69. The van der Waals surface area contributed by atoms with E-state index in [1.165, 1.54) is 0 Å². The minimum Gasteiger partial charge on any atom is -0.550 e. The fourth-order valence-corrected chi connectivity index (χ4v) is 2.95. The molecule has 1 aromatic carbocycles. The molecule has 0 aliphatic carbocycles. The van der Waals surface area contributed by atoms with Crippen LogP contribution < -0.4 is 20.8 Å². The predicted octanol–water partition coefficient (Wildman–Crippen LogP) is 1.91. The highest BCUT2D eigenvalue weighted by molar-refractivity contribution is 5.89. The zero-order valence-electron chi connectivity index (χ0n) is 16.7. The lowest BCUT2D eigenvalue weighted by Gasteiger charge is -2.18. The van der Waals surface area contributed by atoms with Crippen LogP contribution in [0.3, 0.4) is 0 Å². The number of carboxylic acids is 1. The van der Waals surface area contributed by atoms with Crippen LogP contribution in [0.1, 0.15) is 49.3 Å². The SMILES string of the molecule is Cc1cc(O[C@H](C)C(=O)NCCCCCC(=O)[O-])c2c(C)c(C)c(=O)oc2c1. The summed E-state index contributed by atoms with van der Waals surface area (Å²) < 4.78 is 11.3. The molecule has 1 atom stereocenters. The highest BCUT2D eigenvalue weighted by Gasteiger charge is 2.19. The van der Waals surface area contributed by atoms with Gasteiger partial charge in [-0.2, -0.15) is 0 Å². The number of benzene rings is 1. The number of carbonyl (C=O) groups excluding carboxylic acids is 2. The van der Waals surface area contributed by atoms with Gasteiger partial charge in [-0.05, 0) is 70.2 Å². The largest absolute Gasteiger partial charge is 0.550 e. The summed E-state index contributed by atoms with van der Waals surface area (Å²) in [5.41, 5.74) is 2.18. The number of hydrogen-bond donors (Lipinski definition) is 1. The number of rotatable bonds is 9. The van der Waals surface area contributed by atoms with E-state index in [4.69, 9.17) is 9.15 Å². The first-order valence-electron chi connectivity index (χ1n) is 9.39. The molecule has 0 unspecified atom stereocenters. The highest BCUT2D eigenvalue weighted by atomic mass is 16.5. The van der Waals surface area contributed by atoms with E-state index >= 15 is 0 Å². The highest BCUT2D eigenvalue weighted by Crippen LogP contribution is 2.31. The quantitative estimate of drug-likeness (QED) is 0.519. The molecule has 1 N–H and O–H groups in total. The van der Waals surface area contributed by atoms with Crippen molar-refractivity contribution >= 4 is 22.8 Å². The average Bonchev–Trinajstić information content (AvgIpc) is 2.61. The third kappa shape index (κ3) is 5.34. The topological polar surface area (TPSA) is 109 Å². The van der Waals surface area contributed by atoms with Gasteiger partial charge in [-0.25, -0.2) is 4.79 Å². The molecule has 0 aliphatic heterocycles. The number of carboxylic acid groups (broad SMARTS) is 1. The van der Waals surface area contributed by atoms with Gasteiger partial charge in [0.25, 0.3) is 5.91 Å². The Morgan fingerprint density at radius 3 is 2.54 bits per heavy atom. The summed E-state index contributed by atoms with van der Waals surface area (Å²) in [6.45, 7) is 7.48. The van der Waals surface area contributed by atoms with E-state index in [9.17, 15) is 19.5 Å². The second-order valence-corrected chi connectivity index (χ2v) is 7.01. The fourth-order valence-electron chi connectivity index (χ4n) is 2.95. The van der Waals surface area contributed by atoms with Crippen LogP contribution in [0.2, 0.25) is 0 Å². The van der Waals surface area contributed by atoms with Gasteiger partial charge >= 0.3 is 5.63 Å². The maximum absolute atomic E-state index is 12.3. The number of unbranched alkanes of at least 4 members (excludes halogenated alkanes) is 2. The zero-order valence-corrected chi connectivity index (χ0v) is 16.7. The van der Waals surface area contributed by atoms with Gasteiger partial charge in [-0.15, -0.1) is 0 Å². The first kappa shape index (κ1) is 21.5. The molecule has 0 aliphatic rings. The Kier molecular flexibility index (Phi) is 7.20. The molecule has 152 valence electrons. The van der Waals surface area contributed by atoms with Crippen LogP contribution in [0.5, 0.6) is 5.75 Å². The van der Waals surface area contributed by atoms with E-state index in [-0.39, 0.29) is 18.0 Å². The van der Waals surface area contributed by atoms with Crippen molar-refractivity contribution in [2.75, 3.05) is 6.54 Å². The molecule has 1 amide bonds. The zero-order chi connectivity index (χ0) is 20.8. The molecule has 0 radical (unpaired) electrons. The molecule has 2 rings (SSSR count). The Bertz CT molecular complexity index is 931. The van der Waals surface area contributed by atoms with Gasteiger partial charge in [-0.1, -0.05) is 6.42 Å². The molecule has 0 saturated carbocycles. The van der Waals surface area contributed by atoms with Crippen molar-refractivity contribution in [1.29, 1.82) is 0 Å². The average molecular weight is 388 g/mol. The lowest BCUT2D eigenvalue weighted by Crippen LogP contribution is -2.36. The van der Waals surface area contributed by atoms with Crippen LogP contribution in [0, 0.1) is 20.8 Å². The summed E-state index contributed by atoms with van der Waals surface area (Å²) in [6.07, 6.45) is 1.21. The number of hydrogen-bond acceptors (Lipinski definition) is 6. The Hall–Kier alpha value is -2.83. The number of amides is 1. The smallest absolute Gasteiger partial charge is 0.339 e. The Labute approximate surface area is 163 Å². The summed E-state index contributed by atoms with van der Waals surface area (Å²) in [6, 6.07) is 3.59. The van der Waals surface area contributed by atoms with Crippen LogP contribution in [0.25, 0.3) is 11.0 Å². The maximum atomic E-state index is 12.3. The van der Waals surface area contributed by atoms with E-state index in [0.29, 0.717) is 48.1 Å². The van der Waals surface area contributed by atoms with Gasteiger partial charge in [0, 0.05) is 18.1 Å². The molecule has 28 heavy (non-hydrogen) atoms. The van der Waals surface area contributed by atoms with Crippen molar-refractivity contribution in [3.63, 3.8) is 0 Å². The molecule has 0 fully saturated rings.